The molecule has 3 heterocycles. The maximum atomic E-state index is 4.68. The zero-order valence-electron chi connectivity index (χ0n) is 18.3. The second-order valence-corrected chi connectivity index (χ2v) is 8.99. The Kier molecular flexibility index (Phi) is 6.12. The molecular formula is C27H32N4. The number of nitrogens with zero attached hydrogens (tertiary/aromatic N) is 2. The molecule has 0 fully saturated rings. The van der Waals surface area contributed by atoms with Gasteiger partial charge in [0.2, 0.25) is 0 Å². The number of hydrogen-bond acceptors (Lipinski definition) is 4. The van der Waals surface area contributed by atoms with Crippen LogP contribution in [0.3, 0.4) is 0 Å². The SMILES string of the molecule is C[C@H](c1ccccn1)N(C[C@H]1Cc2ccccc2CN1)C[C@H]1Cc2ccccc2CN1. The monoisotopic (exact) mass is 412 g/mol. The van der Waals surface area contributed by atoms with Crippen LogP contribution in [0.1, 0.15) is 40.9 Å². The highest BCUT2D eigenvalue weighted by Gasteiger charge is 2.27. The molecule has 3 aromatic rings. The van der Waals surface area contributed by atoms with Crippen molar-refractivity contribution in [2.24, 2.45) is 0 Å². The second kappa shape index (κ2) is 9.31. The summed E-state index contributed by atoms with van der Waals surface area (Å²) >= 11 is 0. The van der Waals surface area contributed by atoms with Gasteiger partial charge in [-0.05, 0) is 54.2 Å². The van der Waals surface area contributed by atoms with Crippen LogP contribution in [0.4, 0.5) is 0 Å². The van der Waals surface area contributed by atoms with Gasteiger partial charge in [-0.25, -0.2) is 0 Å². The van der Waals surface area contributed by atoms with Crippen molar-refractivity contribution in [3.05, 3.63) is 101 Å². The van der Waals surface area contributed by atoms with Crippen LogP contribution in [-0.4, -0.2) is 35.1 Å². The fraction of sp³-hybridized carbons (Fsp3) is 0.370. The Labute approximate surface area is 185 Å². The number of pyridine rings is 1. The molecule has 0 bridgehead atoms. The van der Waals surface area contributed by atoms with Gasteiger partial charge in [0, 0.05) is 50.5 Å². The molecule has 160 valence electrons. The third kappa shape index (κ3) is 4.72. The molecule has 5 rings (SSSR count). The smallest absolute Gasteiger partial charge is 0.0572 e. The van der Waals surface area contributed by atoms with E-state index in [0.717, 1.165) is 44.7 Å². The molecule has 2 aliphatic heterocycles. The number of fused-ring (bicyclic) bond motifs is 2. The Hall–Kier alpha value is -2.53. The highest BCUT2D eigenvalue weighted by Crippen LogP contribution is 2.24. The number of rotatable bonds is 6. The van der Waals surface area contributed by atoms with E-state index in [2.05, 4.69) is 88.1 Å². The second-order valence-electron chi connectivity index (χ2n) is 8.99. The summed E-state index contributed by atoms with van der Waals surface area (Å²) in [6.07, 6.45) is 4.08. The fourth-order valence-corrected chi connectivity index (χ4v) is 5.07. The van der Waals surface area contributed by atoms with E-state index in [9.17, 15) is 0 Å². The lowest BCUT2D eigenvalue weighted by Crippen LogP contribution is -2.50. The summed E-state index contributed by atoms with van der Waals surface area (Å²) in [4.78, 5) is 7.30. The van der Waals surface area contributed by atoms with Crippen LogP contribution >= 0.6 is 0 Å². The first kappa shape index (κ1) is 20.4. The van der Waals surface area contributed by atoms with Crippen molar-refractivity contribution in [2.75, 3.05) is 13.1 Å². The highest BCUT2D eigenvalue weighted by molar-refractivity contribution is 5.31. The van der Waals surface area contributed by atoms with E-state index in [-0.39, 0.29) is 6.04 Å². The van der Waals surface area contributed by atoms with Gasteiger partial charge in [0.25, 0.3) is 0 Å². The van der Waals surface area contributed by atoms with Crippen molar-refractivity contribution in [3.63, 3.8) is 0 Å². The topological polar surface area (TPSA) is 40.2 Å². The Morgan fingerprint density at radius 3 is 1.81 bits per heavy atom. The number of aromatic nitrogens is 1. The van der Waals surface area contributed by atoms with Crippen LogP contribution in [0.15, 0.2) is 72.9 Å². The molecule has 31 heavy (non-hydrogen) atoms. The van der Waals surface area contributed by atoms with Crippen LogP contribution in [0, 0.1) is 0 Å². The highest BCUT2D eigenvalue weighted by atomic mass is 15.2. The molecule has 2 N–H and O–H groups in total. The molecule has 0 spiro atoms. The first-order valence-electron chi connectivity index (χ1n) is 11.5. The van der Waals surface area contributed by atoms with Crippen LogP contribution in [-0.2, 0) is 25.9 Å². The van der Waals surface area contributed by atoms with E-state index in [4.69, 9.17) is 0 Å². The standard InChI is InChI=1S/C27H32N4/c1-20(27-12-6-7-13-28-27)31(18-25-14-21-8-2-4-10-23(21)16-29-25)19-26-15-22-9-3-5-11-24(22)17-30-26/h2-13,20,25-26,29-30H,14-19H2,1H3/t20-,25-,26-/m1/s1. The molecule has 4 heteroatoms. The van der Waals surface area contributed by atoms with E-state index in [1.54, 1.807) is 0 Å². The quantitative estimate of drug-likeness (QED) is 0.645. The Bertz CT molecular complexity index is 943. The van der Waals surface area contributed by atoms with Crippen LogP contribution < -0.4 is 10.6 Å². The van der Waals surface area contributed by atoms with E-state index >= 15 is 0 Å². The summed E-state index contributed by atoms with van der Waals surface area (Å²) in [6.45, 7) is 6.26. The predicted molar refractivity (Wildman–Crippen MR) is 126 cm³/mol. The third-order valence-corrected chi connectivity index (χ3v) is 6.91. The van der Waals surface area contributed by atoms with Gasteiger partial charge in [0.05, 0.1) is 5.69 Å². The Morgan fingerprint density at radius 1 is 0.774 bits per heavy atom. The molecule has 4 nitrogen and oxygen atoms in total. The van der Waals surface area contributed by atoms with E-state index in [1.807, 2.05) is 12.3 Å². The van der Waals surface area contributed by atoms with Crippen molar-refractivity contribution in [2.45, 2.75) is 51.0 Å². The zero-order valence-corrected chi connectivity index (χ0v) is 18.3. The van der Waals surface area contributed by atoms with Crippen molar-refractivity contribution < 1.29 is 0 Å². The summed E-state index contributed by atoms with van der Waals surface area (Å²) in [5.41, 5.74) is 7.00. The predicted octanol–water partition coefficient (Wildman–Crippen LogP) is 3.87. The van der Waals surface area contributed by atoms with Gasteiger partial charge < -0.3 is 10.6 Å². The van der Waals surface area contributed by atoms with Crippen molar-refractivity contribution in [1.29, 1.82) is 0 Å². The summed E-state index contributed by atoms with van der Waals surface area (Å²) in [6, 6.07) is 25.1. The third-order valence-electron chi connectivity index (χ3n) is 6.91. The van der Waals surface area contributed by atoms with Crippen LogP contribution in [0.25, 0.3) is 0 Å². The molecule has 2 aromatic carbocycles. The summed E-state index contributed by atoms with van der Waals surface area (Å²) in [5.74, 6) is 0. The van der Waals surface area contributed by atoms with Crippen molar-refractivity contribution in [3.8, 4) is 0 Å². The molecule has 1 aromatic heterocycles. The van der Waals surface area contributed by atoms with Crippen molar-refractivity contribution >= 4 is 0 Å². The van der Waals surface area contributed by atoms with Crippen LogP contribution in [0.5, 0.6) is 0 Å². The van der Waals surface area contributed by atoms with Crippen LogP contribution in [0.2, 0.25) is 0 Å². The fourth-order valence-electron chi connectivity index (χ4n) is 5.07. The average molecular weight is 413 g/mol. The van der Waals surface area contributed by atoms with E-state index < -0.39 is 0 Å². The van der Waals surface area contributed by atoms with Gasteiger partial charge >= 0.3 is 0 Å². The maximum absolute atomic E-state index is 4.68. The molecule has 3 atom stereocenters. The maximum Gasteiger partial charge on any atom is 0.0572 e. The number of hydrogen-bond donors (Lipinski definition) is 2. The summed E-state index contributed by atoms with van der Waals surface area (Å²) < 4.78 is 0. The first-order chi connectivity index (χ1) is 15.3. The largest absolute Gasteiger partial charge is 0.308 e. The molecule has 0 saturated heterocycles. The lowest BCUT2D eigenvalue weighted by atomic mass is 9.93. The molecule has 0 unspecified atom stereocenters. The van der Waals surface area contributed by atoms with Gasteiger partial charge in [0.15, 0.2) is 0 Å². The van der Waals surface area contributed by atoms with Gasteiger partial charge in [0.1, 0.15) is 0 Å². The van der Waals surface area contributed by atoms with Crippen molar-refractivity contribution in [1.82, 2.24) is 20.5 Å². The first-order valence-corrected chi connectivity index (χ1v) is 11.5. The van der Waals surface area contributed by atoms with Gasteiger partial charge in [-0.2, -0.15) is 0 Å². The Morgan fingerprint density at radius 2 is 1.29 bits per heavy atom. The summed E-state index contributed by atoms with van der Waals surface area (Å²) in [7, 11) is 0. The molecule has 0 radical (unpaired) electrons. The van der Waals surface area contributed by atoms with E-state index in [1.165, 1.54) is 22.3 Å². The lowest BCUT2D eigenvalue weighted by molar-refractivity contribution is 0.159. The molecular weight excluding hydrogens is 380 g/mol. The minimum atomic E-state index is 0.277. The Balaban J connectivity index is 1.33. The molecule has 0 amide bonds. The molecule has 0 saturated carbocycles. The minimum Gasteiger partial charge on any atom is -0.308 e. The zero-order chi connectivity index (χ0) is 21.0. The van der Waals surface area contributed by atoms with Gasteiger partial charge in [-0.3, -0.25) is 9.88 Å². The van der Waals surface area contributed by atoms with Gasteiger partial charge in [-0.1, -0.05) is 54.6 Å². The minimum absolute atomic E-state index is 0.277. The average Bonchev–Trinajstić information content (AvgIpc) is 2.83. The number of nitrogens with one attached hydrogen (secondary N) is 2. The molecule has 2 aliphatic rings. The number of benzene rings is 2. The summed E-state index contributed by atoms with van der Waals surface area (Å²) in [5, 5.41) is 7.57. The lowest BCUT2D eigenvalue weighted by Gasteiger charge is -2.38. The van der Waals surface area contributed by atoms with E-state index in [0.29, 0.717) is 12.1 Å². The molecule has 0 aliphatic carbocycles. The normalized spacial score (nSPS) is 21.4. The van der Waals surface area contributed by atoms with Gasteiger partial charge in [-0.15, -0.1) is 0 Å².